The Morgan fingerprint density at radius 1 is 1.35 bits per heavy atom. The Bertz CT molecular complexity index is 464. The molecule has 5 nitrogen and oxygen atoms in total. The molecule has 0 aliphatic carbocycles. The lowest BCUT2D eigenvalue weighted by Crippen LogP contribution is -2.12. The molecule has 0 fully saturated rings. The molecule has 0 bridgehead atoms. The molecule has 1 aromatic carbocycles. The molecule has 0 radical (unpaired) electrons. The minimum atomic E-state index is 0.605. The van der Waals surface area contributed by atoms with Crippen molar-refractivity contribution in [2.75, 3.05) is 25.5 Å². The van der Waals surface area contributed by atoms with Crippen LogP contribution in [-0.4, -0.2) is 30.0 Å². The van der Waals surface area contributed by atoms with Gasteiger partial charge in [-0.25, -0.2) is 4.68 Å². The minimum Gasteiger partial charge on any atom is -0.497 e. The fourth-order valence-electron chi connectivity index (χ4n) is 1.51. The summed E-state index contributed by atoms with van der Waals surface area (Å²) in [5.41, 5.74) is 7.38. The first-order chi connectivity index (χ1) is 8.33. The van der Waals surface area contributed by atoms with Crippen molar-refractivity contribution in [2.45, 2.75) is 0 Å². The fourth-order valence-corrected chi connectivity index (χ4v) is 1.51. The van der Waals surface area contributed by atoms with Gasteiger partial charge in [0.2, 0.25) is 0 Å². The second-order valence-electron chi connectivity index (χ2n) is 3.59. The lowest BCUT2D eigenvalue weighted by atomic mass is 10.3. The number of hydrogen-bond acceptors (Lipinski definition) is 4. The van der Waals surface area contributed by atoms with E-state index >= 15 is 0 Å². The van der Waals surface area contributed by atoms with E-state index in [4.69, 9.17) is 10.5 Å². The van der Waals surface area contributed by atoms with Gasteiger partial charge in [0.05, 0.1) is 30.9 Å². The summed E-state index contributed by atoms with van der Waals surface area (Å²) in [5.74, 6) is 0.836. The van der Waals surface area contributed by atoms with Crippen LogP contribution in [0.2, 0.25) is 0 Å². The van der Waals surface area contributed by atoms with Crippen molar-refractivity contribution in [1.29, 1.82) is 0 Å². The van der Waals surface area contributed by atoms with E-state index in [2.05, 4.69) is 10.4 Å². The highest BCUT2D eigenvalue weighted by Crippen LogP contribution is 2.15. The Hall–Kier alpha value is -2.01. The van der Waals surface area contributed by atoms with Crippen LogP contribution in [-0.2, 0) is 0 Å². The first-order valence-corrected chi connectivity index (χ1v) is 5.46. The lowest BCUT2D eigenvalue weighted by molar-refractivity contribution is 0.414. The zero-order valence-electron chi connectivity index (χ0n) is 9.76. The van der Waals surface area contributed by atoms with Crippen LogP contribution in [0.5, 0.6) is 5.75 Å². The molecule has 2 rings (SSSR count). The summed E-state index contributed by atoms with van der Waals surface area (Å²) in [6.45, 7) is 1.35. The number of hydrogen-bond donors (Lipinski definition) is 2. The van der Waals surface area contributed by atoms with E-state index in [1.807, 2.05) is 30.5 Å². The molecule has 0 saturated heterocycles. The predicted molar refractivity (Wildman–Crippen MR) is 67.7 cm³/mol. The molecule has 0 aliphatic rings. The average Bonchev–Trinajstić information content (AvgIpc) is 2.85. The van der Waals surface area contributed by atoms with E-state index < -0.39 is 0 Å². The minimum absolute atomic E-state index is 0.605. The number of rotatable bonds is 5. The number of anilines is 1. The second kappa shape index (κ2) is 5.36. The van der Waals surface area contributed by atoms with E-state index in [-0.39, 0.29) is 0 Å². The molecule has 0 atom stereocenters. The molecule has 0 saturated carbocycles. The van der Waals surface area contributed by atoms with E-state index in [1.165, 1.54) is 0 Å². The molecule has 5 heteroatoms. The van der Waals surface area contributed by atoms with Gasteiger partial charge in [-0.3, -0.25) is 0 Å². The molecule has 90 valence electrons. The van der Waals surface area contributed by atoms with Gasteiger partial charge >= 0.3 is 0 Å². The van der Waals surface area contributed by atoms with Crippen LogP contribution in [0.25, 0.3) is 5.69 Å². The van der Waals surface area contributed by atoms with Crippen molar-refractivity contribution >= 4 is 5.69 Å². The predicted octanol–water partition coefficient (Wildman–Crippen LogP) is 1.25. The zero-order chi connectivity index (χ0) is 12.1. The third-order valence-electron chi connectivity index (χ3n) is 2.39. The Labute approximate surface area is 100 Å². The third kappa shape index (κ3) is 2.76. The van der Waals surface area contributed by atoms with Crippen molar-refractivity contribution in [3.63, 3.8) is 0 Å². The van der Waals surface area contributed by atoms with Crippen LogP contribution >= 0.6 is 0 Å². The van der Waals surface area contributed by atoms with Crippen molar-refractivity contribution < 1.29 is 4.74 Å². The Morgan fingerprint density at radius 3 is 2.76 bits per heavy atom. The van der Waals surface area contributed by atoms with E-state index in [1.54, 1.807) is 18.0 Å². The molecule has 0 amide bonds. The molecule has 0 spiro atoms. The molecule has 3 N–H and O–H groups in total. The summed E-state index contributed by atoms with van der Waals surface area (Å²) >= 11 is 0. The number of methoxy groups -OCH3 is 1. The average molecular weight is 232 g/mol. The molecule has 17 heavy (non-hydrogen) atoms. The van der Waals surface area contributed by atoms with E-state index in [9.17, 15) is 0 Å². The largest absolute Gasteiger partial charge is 0.497 e. The maximum Gasteiger partial charge on any atom is 0.119 e. The van der Waals surface area contributed by atoms with Crippen LogP contribution < -0.4 is 15.8 Å². The summed E-state index contributed by atoms with van der Waals surface area (Å²) in [6, 6.07) is 7.73. The highest BCUT2D eigenvalue weighted by molar-refractivity contribution is 5.43. The maximum atomic E-state index is 5.42. The number of ether oxygens (including phenoxy) is 1. The molecule has 1 heterocycles. The Morgan fingerprint density at radius 2 is 2.12 bits per heavy atom. The lowest BCUT2D eigenvalue weighted by Gasteiger charge is -2.03. The molecule has 0 aliphatic heterocycles. The number of nitrogens with zero attached hydrogens (tertiary/aromatic N) is 2. The Kier molecular flexibility index (Phi) is 3.62. The highest BCUT2D eigenvalue weighted by atomic mass is 16.5. The fraction of sp³-hybridized carbons (Fsp3) is 0.250. The molecule has 2 aromatic rings. The molecule has 0 unspecified atom stereocenters. The van der Waals surface area contributed by atoms with Gasteiger partial charge in [0.25, 0.3) is 0 Å². The van der Waals surface area contributed by atoms with Gasteiger partial charge < -0.3 is 15.8 Å². The normalized spacial score (nSPS) is 10.2. The van der Waals surface area contributed by atoms with Gasteiger partial charge in [-0.1, -0.05) is 0 Å². The highest BCUT2D eigenvalue weighted by Gasteiger charge is 2.00. The van der Waals surface area contributed by atoms with Gasteiger partial charge in [0, 0.05) is 13.1 Å². The van der Waals surface area contributed by atoms with Crippen LogP contribution in [0, 0.1) is 0 Å². The first-order valence-electron chi connectivity index (χ1n) is 5.46. The Balaban J connectivity index is 2.12. The number of nitrogens with one attached hydrogen (secondary N) is 1. The van der Waals surface area contributed by atoms with Crippen molar-refractivity contribution in [3.05, 3.63) is 36.7 Å². The van der Waals surface area contributed by atoms with E-state index in [0.29, 0.717) is 6.54 Å². The summed E-state index contributed by atoms with van der Waals surface area (Å²) < 4.78 is 6.91. The van der Waals surface area contributed by atoms with Gasteiger partial charge in [0.1, 0.15) is 5.75 Å². The second-order valence-corrected chi connectivity index (χ2v) is 3.59. The van der Waals surface area contributed by atoms with Crippen molar-refractivity contribution in [2.24, 2.45) is 5.73 Å². The SMILES string of the molecule is COc1ccc(-n2cc(NCCN)cn2)cc1. The van der Waals surface area contributed by atoms with Crippen LogP contribution in [0.15, 0.2) is 36.7 Å². The van der Waals surface area contributed by atoms with Crippen molar-refractivity contribution in [1.82, 2.24) is 9.78 Å². The summed E-state index contributed by atoms with van der Waals surface area (Å²) in [4.78, 5) is 0. The molecular formula is C12H16N4O. The van der Waals surface area contributed by atoms with Gasteiger partial charge in [-0.2, -0.15) is 5.10 Å². The third-order valence-corrected chi connectivity index (χ3v) is 2.39. The monoisotopic (exact) mass is 232 g/mol. The topological polar surface area (TPSA) is 65.1 Å². The van der Waals surface area contributed by atoms with Crippen LogP contribution in [0.1, 0.15) is 0 Å². The quantitative estimate of drug-likeness (QED) is 0.814. The smallest absolute Gasteiger partial charge is 0.119 e. The molecular weight excluding hydrogens is 216 g/mol. The number of nitrogens with two attached hydrogens (primary N) is 1. The van der Waals surface area contributed by atoms with Gasteiger partial charge in [-0.05, 0) is 24.3 Å². The zero-order valence-corrected chi connectivity index (χ0v) is 9.76. The van der Waals surface area contributed by atoms with Crippen molar-refractivity contribution in [3.8, 4) is 11.4 Å². The van der Waals surface area contributed by atoms with E-state index in [0.717, 1.165) is 23.7 Å². The number of benzene rings is 1. The standard InChI is InChI=1S/C12H16N4O/c1-17-12-4-2-11(3-5-12)16-9-10(8-15-16)14-7-6-13/h2-5,8-9,14H,6-7,13H2,1H3. The maximum absolute atomic E-state index is 5.42. The van der Waals surface area contributed by atoms with Crippen LogP contribution in [0.4, 0.5) is 5.69 Å². The number of aromatic nitrogens is 2. The van der Waals surface area contributed by atoms with Gasteiger partial charge in [0.15, 0.2) is 0 Å². The van der Waals surface area contributed by atoms with Gasteiger partial charge in [-0.15, -0.1) is 0 Å². The van der Waals surface area contributed by atoms with Crippen LogP contribution in [0.3, 0.4) is 0 Å². The molecule has 1 aromatic heterocycles. The summed E-state index contributed by atoms with van der Waals surface area (Å²) in [7, 11) is 1.65. The first kappa shape index (κ1) is 11.5. The summed E-state index contributed by atoms with van der Waals surface area (Å²) in [5, 5.41) is 7.44. The summed E-state index contributed by atoms with van der Waals surface area (Å²) in [6.07, 6.45) is 3.71.